The van der Waals surface area contributed by atoms with E-state index in [9.17, 15) is 14.4 Å². The van der Waals surface area contributed by atoms with E-state index in [0.717, 1.165) is 89.9 Å². The summed E-state index contributed by atoms with van der Waals surface area (Å²) >= 11 is 0. The van der Waals surface area contributed by atoms with Crippen molar-refractivity contribution in [3.05, 3.63) is 48.6 Å². The predicted octanol–water partition coefficient (Wildman–Crippen LogP) is 25.7. The molecule has 6 nitrogen and oxygen atoms in total. The summed E-state index contributed by atoms with van der Waals surface area (Å²) in [6.07, 6.45) is 91.6. The molecule has 0 aliphatic rings. The number of hydrogen-bond acceptors (Lipinski definition) is 6. The Labute approximate surface area is 518 Å². The smallest absolute Gasteiger partial charge is 0.306 e. The molecule has 0 rings (SSSR count). The molecule has 83 heavy (non-hydrogen) atoms. The van der Waals surface area contributed by atoms with Crippen molar-refractivity contribution in [2.45, 2.75) is 412 Å². The molecule has 0 aliphatic carbocycles. The number of rotatable bonds is 69. The van der Waals surface area contributed by atoms with Crippen LogP contribution in [0.25, 0.3) is 0 Å². The van der Waals surface area contributed by atoms with Gasteiger partial charge in [0, 0.05) is 19.3 Å². The van der Waals surface area contributed by atoms with Crippen molar-refractivity contribution >= 4 is 17.9 Å². The molecule has 0 N–H and O–H groups in total. The van der Waals surface area contributed by atoms with Crippen LogP contribution in [0.2, 0.25) is 0 Å². The van der Waals surface area contributed by atoms with E-state index in [1.165, 1.54) is 276 Å². The Morgan fingerprint density at radius 2 is 0.458 bits per heavy atom. The summed E-state index contributed by atoms with van der Waals surface area (Å²) in [5.41, 5.74) is 0. The standard InChI is InChI=1S/C77H142O6/c1-4-7-10-13-16-19-22-25-27-29-31-33-34-35-36-37-38-39-40-41-42-44-45-47-49-52-55-58-61-64-67-70-76(79)82-73-74(72-81-75(78)69-66-63-60-57-54-51-24-21-18-15-12-9-6-3)83-77(80)71-68-65-62-59-56-53-50-48-46-43-32-30-28-26-23-20-17-14-11-8-5-2/h12,15,21-22,24-25,29,31,74H,4-11,13-14,16-20,23,26-28,30,32-73H2,1-3H3/b15-12-,24-21-,25-22-,31-29-. The minimum atomic E-state index is -0.777. The van der Waals surface area contributed by atoms with Gasteiger partial charge in [0.2, 0.25) is 0 Å². The first kappa shape index (κ1) is 80.4. The van der Waals surface area contributed by atoms with Crippen LogP contribution in [0, 0.1) is 0 Å². The molecule has 1 unspecified atom stereocenters. The van der Waals surface area contributed by atoms with Crippen LogP contribution in [0.3, 0.4) is 0 Å². The average molecular weight is 1160 g/mol. The summed E-state index contributed by atoms with van der Waals surface area (Å²) < 4.78 is 17.0. The molecule has 0 aromatic heterocycles. The maximum Gasteiger partial charge on any atom is 0.306 e. The molecule has 486 valence electrons. The fourth-order valence-corrected chi connectivity index (χ4v) is 11.2. The first-order valence-corrected chi connectivity index (χ1v) is 37.1. The molecule has 0 fully saturated rings. The van der Waals surface area contributed by atoms with Gasteiger partial charge in [-0.25, -0.2) is 0 Å². The van der Waals surface area contributed by atoms with Gasteiger partial charge < -0.3 is 14.2 Å². The van der Waals surface area contributed by atoms with Crippen LogP contribution in [0.1, 0.15) is 406 Å². The number of ether oxygens (including phenoxy) is 3. The number of esters is 3. The van der Waals surface area contributed by atoms with E-state index in [2.05, 4.69) is 69.4 Å². The van der Waals surface area contributed by atoms with Crippen LogP contribution < -0.4 is 0 Å². The van der Waals surface area contributed by atoms with Crippen LogP contribution in [-0.4, -0.2) is 37.2 Å². The highest BCUT2D eigenvalue weighted by atomic mass is 16.6. The second kappa shape index (κ2) is 71.8. The zero-order valence-electron chi connectivity index (χ0n) is 56.0. The molecule has 0 aromatic carbocycles. The molecule has 1 atom stereocenters. The summed E-state index contributed by atoms with van der Waals surface area (Å²) in [6, 6.07) is 0. The highest BCUT2D eigenvalue weighted by molar-refractivity contribution is 5.71. The minimum absolute atomic E-state index is 0.0720. The van der Waals surface area contributed by atoms with E-state index < -0.39 is 6.10 Å². The van der Waals surface area contributed by atoms with Gasteiger partial charge in [0.15, 0.2) is 6.10 Å². The monoisotopic (exact) mass is 1160 g/mol. The van der Waals surface area contributed by atoms with Gasteiger partial charge in [-0.15, -0.1) is 0 Å². The number of carbonyl (C=O) groups is 3. The van der Waals surface area contributed by atoms with E-state index >= 15 is 0 Å². The molecule has 0 spiro atoms. The van der Waals surface area contributed by atoms with Crippen LogP contribution >= 0.6 is 0 Å². The molecular formula is C77H142O6. The molecule has 0 aliphatic heterocycles. The Balaban J connectivity index is 4.16. The maximum atomic E-state index is 13.0. The molecular weight excluding hydrogens is 1020 g/mol. The quantitative estimate of drug-likeness (QED) is 0.0261. The highest BCUT2D eigenvalue weighted by Crippen LogP contribution is 2.19. The van der Waals surface area contributed by atoms with Crippen LogP contribution in [0.5, 0.6) is 0 Å². The number of hydrogen-bond donors (Lipinski definition) is 0. The minimum Gasteiger partial charge on any atom is -0.462 e. The Kier molecular flexibility index (Phi) is 69.6. The van der Waals surface area contributed by atoms with Crippen molar-refractivity contribution in [2.24, 2.45) is 0 Å². The first-order chi connectivity index (χ1) is 41.0. The van der Waals surface area contributed by atoms with Crippen LogP contribution in [0.15, 0.2) is 48.6 Å². The van der Waals surface area contributed by atoms with Gasteiger partial charge in [-0.05, 0) is 77.0 Å². The normalized spacial score (nSPS) is 12.3. The summed E-state index contributed by atoms with van der Waals surface area (Å²) in [7, 11) is 0. The molecule has 0 radical (unpaired) electrons. The summed E-state index contributed by atoms with van der Waals surface area (Å²) in [6.45, 7) is 6.63. The van der Waals surface area contributed by atoms with E-state index in [0.29, 0.717) is 19.3 Å². The molecule has 0 bridgehead atoms. The molecule has 0 amide bonds. The van der Waals surface area contributed by atoms with Gasteiger partial charge in [0.05, 0.1) is 0 Å². The molecule has 0 saturated carbocycles. The zero-order chi connectivity index (χ0) is 59.9. The largest absolute Gasteiger partial charge is 0.462 e. The average Bonchev–Trinajstić information content (AvgIpc) is 3.49. The van der Waals surface area contributed by atoms with Crippen LogP contribution in [0.4, 0.5) is 0 Å². The molecule has 6 heteroatoms. The Morgan fingerprint density at radius 1 is 0.241 bits per heavy atom. The molecule has 0 heterocycles. The van der Waals surface area contributed by atoms with Crippen molar-refractivity contribution in [3.63, 3.8) is 0 Å². The third-order valence-electron chi connectivity index (χ3n) is 16.8. The second-order valence-corrected chi connectivity index (χ2v) is 25.2. The lowest BCUT2D eigenvalue weighted by molar-refractivity contribution is -0.167. The molecule has 0 saturated heterocycles. The summed E-state index contributed by atoms with van der Waals surface area (Å²) in [5, 5.41) is 0. The topological polar surface area (TPSA) is 78.9 Å². The van der Waals surface area contributed by atoms with Gasteiger partial charge in [-0.1, -0.05) is 358 Å². The van der Waals surface area contributed by atoms with E-state index in [1.807, 2.05) is 0 Å². The summed E-state index contributed by atoms with van der Waals surface area (Å²) in [5.74, 6) is -0.857. The van der Waals surface area contributed by atoms with Crippen LogP contribution in [-0.2, 0) is 28.6 Å². The number of allylic oxidation sites excluding steroid dienone is 8. The third-order valence-corrected chi connectivity index (χ3v) is 16.8. The van der Waals surface area contributed by atoms with E-state index in [-0.39, 0.29) is 31.1 Å². The zero-order valence-corrected chi connectivity index (χ0v) is 56.0. The van der Waals surface area contributed by atoms with Crippen molar-refractivity contribution in [3.8, 4) is 0 Å². The van der Waals surface area contributed by atoms with Gasteiger partial charge in [-0.3, -0.25) is 14.4 Å². The number of unbranched alkanes of at least 4 members (excludes halogenated alkanes) is 50. The maximum absolute atomic E-state index is 13.0. The van der Waals surface area contributed by atoms with E-state index in [1.54, 1.807) is 0 Å². The predicted molar refractivity (Wildman–Crippen MR) is 362 cm³/mol. The van der Waals surface area contributed by atoms with Crippen molar-refractivity contribution < 1.29 is 28.6 Å². The van der Waals surface area contributed by atoms with Crippen molar-refractivity contribution in [2.75, 3.05) is 13.2 Å². The molecule has 0 aromatic rings. The summed E-state index contributed by atoms with van der Waals surface area (Å²) in [4.78, 5) is 38.4. The lowest BCUT2D eigenvalue weighted by atomic mass is 10.0. The van der Waals surface area contributed by atoms with E-state index in [4.69, 9.17) is 14.2 Å². The van der Waals surface area contributed by atoms with Crippen molar-refractivity contribution in [1.29, 1.82) is 0 Å². The number of carbonyl (C=O) groups excluding carboxylic acids is 3. The Hall–Kier alpha value is -2.63. The van der Waals surface area contributed by atoms with Gasteiger partial charge in [0.25, 0.3) is 0 Å². The van der Waals surface area contributed by atoms with Gasteiger partial charge >= 0.3 is 17.9 Å². The fraction of sp³-hybridized carbons (Fsp3) is 0.857. The SMILES string of the molecule is CCC/C=C\C/C=C\CCCCCCCC(=O)OCC(COC(=O)CCCCCCCCCCCCCCCCCCCCC/C=C\C/C=C\CCCCCCC)OC(=O)CCCCCCCCCCCCCCCCCCCCCCC. The lowest BCUT2D eigenvalue weighted by Gasteiger charge is -2.18. The fourth-order valence-electron chi connectivity index (χ4n) is 11.2. The highest BCUT2D eigenvalue weighted by Gasteiger charge is 2.19. The van der Waals surface area contributed by atoms with Gasteiger partial charge in [-0.2, -0.15) is 0 Å². The third kappa shape index (κ3) is 70.0. The Morgan fingerprint density at radius 3 is 0.711 bits per heavy atom. The lowest BCUT2D eigenvalue weighted by Crippen LogP contribution is -2.30. The second-order valence-electron chi connectivity index (χ2n) is 25.2. The first-order valence-electron chi connectivity index (χ1n) is 37.1. The van der Waals surface area contributed by atoms with Crippen molar-refractivity contribution in [1.82, 2.24) is 0 Å². The van der Waals surface area contributed by atoms with Gasteiger partial charge in [0.1, 0.15) is 13.2 Å². The Bertz CT molecular complexity index is 1430.